The molecule has 6 heteroatoms. The van der Waals surface area contributed by atoms with Gasteiger partial charge >= 0.3 is 0 Å². The summed E-state index contributed by atoms with van der Waals surface area (Å²) in [6, 6.07) is 3.32. The minimum Gasteiger partial charge on any atom is -0.415 e. The Kier molecular flexibility index (Phi) is 8.70. The molecular weight excluding hydrogens is 398 g/mol. The predicted octanol–water partition coefficient (Wildman–Crippen LogP) is 5.65. The van der Waals surface area contributed by atoms with Crippen LogP contribution in [0.4, 0.5) is 0 Å². The van der Waals surface area contributed by atoms with Crippen molar-refractivity contribution in [3.63, 3.8) is 0 Å². The highest BCUT2D eigenvalue weighted by molar-refractivity contribution is 7.89. The van der Waals surface area contributed by atoms with E-state index in [-0.39, 0.29) is 5.04 Å². The highest BCUT2D eigenvalue weighted by Crippen LogP contribution is 2.36. The second-order valence-electron chi connectivity index (χ2n) is 9.77. The first kappa shape index (κ1) is 25.9. The quantitative estimate of drug-likeness (QED) is 0.422. The van der Waals surface area contributed by atoms with E-state index in [1.807, 2.05) is 39.0 Å². The molecule has 29 heavy (non-hydrogen) atoms. The Labute approximate surface area is 179 Å². The number of nitrogens with one attached hydrogen (secondary N) is 1. The maximum atomic E-state index is 13.2. The average Bonchev–Trinajstić information content (AvgIpc) is 2.49. The van der Waals surface area contributed by atoms with Crippen LogP contribution in [0.25, 0.3) is 0 Å². The lowest BCUT2D eigenvalue weighted by Gasteiger charge is -2.37. The predicted molar refractivity (Wildman–Crippen MR) is 125 cm³/mol. The van der Waals surface area contributed by atoms with Crippen LogP contribution >= 0.6 is 0 Å². The number of rotatable bonds is 8. The molecule has 164 valence electrons. The van der Waals surface area contributed by atoms with Gasteiger partial charge in [-0.05, 0) is 68.1 Å². The van der Waals surface area contributed by atoms with E-state index in [1.54, 1.807) is 6.08 Å². The average molecular weight is 438 g/mol. The van der Waals surface area contributed by atoms with E-state index >= 15 is 0 Å². The topological polar surface area (TPSA) is 55.4 Å². The van der Waals surface area contributed by atoms with Crippen LogP contribution in [-0.2, 0) is 14.4 Å². The first-order chi connectivity index (χ1) is 13.1. The summed E-state index contributed by atoms with van der Waals surface area (Å²) in [5.74, 6) is 0.339. The van der Waals surface area contributed by atoms with Gasteiger partial charge in [-0.15, -0.1) is 5.73 Å². The highest BCUT2D eigenvalue weighted by Gasteiger charge is 2.37. The number of hydrogen-bond donors (Lipinski definition) is 1. The molecule has 1 aromatic carbocycles. The SMILES string of the molecule is Cc1cc(C)c(S(=O)(=O)N[C@H](C=C=CC(C)C)CO[Si](C)(C)C(C)(C)C)c(C)c1. The fraction of sp³-hybridized carbons (Fsp3) is 0.609. The summed E-state index contributed by atoms with van der Waals surface area (Å²) in [6.07, 6.45) is 3.69. The number of sulfonamides is 1. The van der Waals surface area contributed by atoms with Crippen LogP contribution in [0.1, 0.15) is 51.3 Å². The molecule has 0 amide bonds. The van der Waals surface area contributed by atoms with Crippen molar-refractivity contribution in [2.24, 2.45) is 5.92 Å². The van der Waals surface area contributed by atoms with Crippen molar-refractivity contribution in [2.45, 2.75) is 84.5 Å². The van der Waals surface area contributed by atoms with Crippen molar-refractivity contribution in [1.82, 2.24) is 4.72 Å². The lowest BCUT2D eigenvalue weighted by atomic mass is 10.1. The van der Waals surface area contributed by atoms with Crippen LogP contribution in [0.2, 0.25) is 18.1 Å². The molecule has 0 bridgehead atoms. The summed E-state index contributed by atoms with van der Waals surface area (Å²) in [7, 11) is -5.70. The molecule has 0 aromatic heterocycles. The molecule has 0 aliphatic heterocycles. The lowest BCUT2D eigenvalue weighted by Crippen LogP contribution is -2.45. The smallest absolute Gasteiger partial charge is 0.241 e. The molecule has 0 heterocycles. The fourth-order valence-electron chi connectivity index (χ4n) is 2.84. The summed E-state index contributed by atoms with van der Waals surface area (Å²) in [5.41, 5.74) is 5.68. The number of benzene rings is 1. The van der Waals surface area contributed by atoms with Crippen molar-refractivity contribution >= 4 is 18.3 Å². The molecular formula is C23H39NO3SSi. The largest absolute Gasteiger partial charge is 0.415 e. The van der Waals surface area contributed by atoms with Gasteiger partial charge in [-0.25, -0.2) is 13.1 Å². The van der Waals surface area contributed by atoms with Gasteiger partial charge in [-0.1, -0.05) is 52.3 Å². The summed E-state index contributed by atoms with van der Waals surface area (Å²) in [4.78, 5) is 0.349. The zero-order chi connectivity index (χ0) is 22.6. The van der Waals surface area contributed by atoms with Gasteiger partial charge < -0.3 is 4.43 Å². The van der Waals surface area contributed by atoms with Crippen LogP contribution in [0.5, 0.6) is 0 Å². The van der Waals surface area contributed by atoms with Gasteiger partial charge in [0.05, 0.1) is 17.5 Å². The first-order valence-electron chi connectivity index (χ1n) is 10.2. The standard InChI is InChI=1S/C23H39NO3SSi/c1-17(2)12-11-13-21(16-27-29(9,10)23(6,7)8)24-28(25,26)22-19(4)14-18(3)15-20(22)5/h12-15,17,21,24H,16H2,1-10H3/t11?,21-/m1/s1. The third-order valence-corrected chi connectivity index (χ3v) is 11.6. The molecule has 1 atom stereocenters. The van der Waals surface area contributed by atoms with Crippen molar-refractivity contribution in [3.05, 3.63) is 46.7 Å². The van der Waals surface area contributed by atoms with Crippen LogP contribution < -0.4 is 4.72 Å². The zero-order valence-corrected chi connectivity index (χ0v) is 21.6. The normalized spacial score (nSPS) is 13.9. The monoisotopic (exact) mass is 437 g/mol. The van der Waals surface area contributed by atoms with Gasteiger partial charge in [0, 0.05) is 0 Å². The van der Waals surface area contributed by atoms with Crippen molar-refractivity contribution in [2.75, 3.05) is 6.61 Å². The molecule has 0 unspecified atom stereocenters. The van der Waals surface area contributed by atoms with Gasteiger partial charge in [0.2, 0.25) is 10.0 Å². The van der Waals surface area contributed by atoms with Crippen LogP contribution in [0.3, 0.4) is 0 Å². The third kappa shape index (κ3) is 7.54. The Bertz CT molecular complexity index is 851. The lowest BCUT2D eigenvalue weighted by molar-refractivity contribution is 0.272. The first-order valence-corrected chi connectivity index (χ1v) is 14.6. The Hall–Kier alpha value is -1.17. The summed E-state index contributed by atoms with van der Waals surface area (Å²) >= 11 is 0. The van der Waals surface area contributed by atoms with Crippen molar-refractivity contribution < 1.29 is 12.8 Å². The minimum atomic E-state index is -3.69. The molecule has 4 nitrogen and oxygen atoms in total. The zero-order valence-electron chi connectivity index (χ0n) is 19.8. The summed E-state index contributed by atoms with van der Waals surface area (Å²) in [6.45, 7) is 20.9. The summed E-state index contributed by atoms with van der Waals surface area (Å²) < 4.78 is 35.5. The van der Waals surface area contributed by atoms with Crippen molar-refractivity contribution in [3.8, 4) is 0 Å². The number of aryl methyl sites for hydroxylation is 3. The maximum absolute atomic E-state index is 13.2. The van der Waals surface area contributed by atoms with E-state index in [4.69, 9.17) is 4.43 Å². The van der Waals surface area contributed by atoms with Crippen LogP contribution in [0, 0.1) is 26.7 Å². The van der Waals surface area contributed by atoms with Crippen LogP contribution in [0.15, 0.2) is 34.9 Å². The van der Waals surface area contributed by atoms with E-state index < -0.39 is 24.4 Å². The molecule has 1 rings (SSSR count). The van der Waals surface area contributed by atoms with E-state index in [0.717, 1.165) is 16.7 Å². The minimum absolute atomic E-state index is 0.0536. The van der Waals surface area contributed by atoms with Crippen molar-refractivity contribution in [1.29, 1.82) is 0 Å². The van der Waals surface area contributed by atoms with E-state index in [1.165, 1.54) is 0 Å². The second-order valence-corrected chi connectivity index (χ2v) is 16.2. The molecule has 0 radical (unpaired) electrons. The Morgan fingerprint density at radius 1 is 1.10 bits per heavy atom. The van der Waals surface area contributed by atoms with Gasteiger partial charge in [0.25, 0.3) is 0 Å². The second kappa shape index (κ2) is 9.76. The Balaban J connectivity index is 3.22. The maximum Gasteiger partial charge on any atom is 0.241 e. The van der Waals surface area contributed by atoms with Gasteiger partial charge in [-0.3, -0.25) is 0 Å². The Morgan fingerprint density at radius 2 is 1.62 bits per heavy atom. The van der Waals surface area contributed by atoms with Gasteiger partial charge in [-0.2, -0.15) is 0 Å². The number of hydrogen-bond acceptors (Lipinski definition) is 3. The molecule has 0 saturated heterocycles. The highest BCUT2D eigenvalue weighted by atomic mass is 32.2. The molecule has 0 spiro atoms. The molecule has 1 aromatic rings. The fourth-order valence-corrected chi connectivity index (χ4v) is 5.49. The van der Waals surface area contributed by atoms with E-state index in [0.29, 0.717) is 17.4 Å². The van der Waals surface area contributed by atoms with Crippen LogP contribution in [-0.4, -0.2) is 29.4 Å². The molecule has 0 saturated carbocycles. The van der Waals surface area contributed by atoms with E-state index in [2.05, 4.69) is 58.2 Å². The summed E-state index contributed by atoms with van der Waals surface area (Å²) in [5, 5.41) is 0.0536. The van der Waals surface area contributed by atoms with E-state index in [9.17, 15) is 8.42 Å². The molecule has 1 N–H and O–H groups in total. The molecule has 0 fully saturated rings. The van der Waals surface area contributed by atoms with Gasteiger partial charge in [0.15, 0.2) is 8.32 Å². The van der Waals surface area contributed by atoms with Gasteiger partial charge in [0.1, 0.15) is 0 Å². The third-order valence-electron chi connectivity index (χ3n) is 5.34. The Morgan fingerprint density at radius 3 is 2.07 bits per heavy atom. The molecule has 0 aliphatic carbocycles. The molecule has 0 aliphatic rings.